The summed E-state index contributed by atoms with van der Waals surface area (Å²) >= 11 is 9.21. The molecule has 1 saturated heterocycles. The van der Waals surface area contributed by atoms with Crippen LogP contribution in [-0.2, 0) is 10.0 Å². The maximum absolute atomic E-state index is 13.1. The Morgan fingerprint density at radius 3 is 2.38 bits per heavy atom. The van der Waals surface area contributed by atoms with E-state index in [2.05, 4.69) is 15.9 Å². The van der Waals surface area contributed by atoms with Crippen molar-refractivity contribution >= 4 is 43.5 Å². The first kappa shape index (κ1) is 19.3. The van der Waals surface area contributed by atoms with Gasteiger partial charge in [0.05, 0.1) is 15.5 Å². The van der Waals surface area contributed by atoms with E-state index in [0.29, 0.717) is 4.47 Å². The Kier molecular flexibility index (Phi) is 5.67. The van der Waals surface area contributed by atoms with Crippen LogP contribution in [0, 0.1) is 5.82 Å². The first-order valence-corrected chi connectivity index (χ1v) is 10.4. The zero-order chi connectivity index (χ0) is 18.9. The molecule has 0 radical (unpaired) electrons. The van der Waals surface area contributed by atoms with Crippen LogP contribution in [0.4, 0.5) is 4.39 Å². The molecule has 0 N–H and O–H groups in total. The third kappa shape index (κ3) is 3.93. The SMILES string of the molecule is O=C(c1ccc(F)cc1Cl)N1CCN(S(=O)(=O)c2cccc(Br)c2)CC1. The van der Waals surface area contributed by atoms with Crippen molar-refractivity contribution in [1.82, 2.24) is 9.21 Å². The maximum atomic E-state index is 13.1. The monoisotopic (exact) mass is 460 g/mol. The molecule has 9 heteroatoms. The van der Waals surface area contributed by atoms with Crippen LogP contribution in [-0.4, -0.2) is 49.7 Å². The number of nitrogens with zero attached hydrogens (tertiary/aromatic N) is 2. The molecule has 0 unspecified atom stereocenters. The molecule has 1 heterocycles. The highest BCUT2D eigenvalue weighted by atomic mass is 79.9. The van der Waals surface area contributed by atoms with Crippen molar-refractivity contribution in [3.8, 4) is 0 Å². The van der Waals surface area contributed by atoms with Crippen molar-refractivity contribution in [2.45, 2.75) is 4.90 Å². The van der Waals surface area contributed by atoms with Crippen LogP contribution >= 0.6 is 27.5 Å². The number of benzene rings is 2. The summed E-state index contributed by atoms with van der Waals surface area (Å²) in [6.45, 7) is 0.832. The Balaban J connectivity index is 1.72. The number of sulfonamides is 1. The van der Waals surface area contributed by atoms with E-state index >= 15 is 0 Å². The molecule has 138 valence electrons. The molecule has 0 aliphatic carbocycles. The fourth-order valence-electron chi connectivity index (χ4n) is 2.74. The lowest BCUT2D eigenvalue weighted by molar-refractivity contribution is 0.0698. The topological polar surface area (TPSA) is 57.7 Å². The van der Waals surface area contributed by atoms with Crippen LogP contribution in [0.3, 0.4) is 0 Å². The molecule has 5 nitrogen and oxygen atoms in total. The molecule has 0 atom stereocenters. The van der Waals surface area contributed by atoms with E-state index in [-0.39, 0.29) is 47.6 Å². The highest BCUT2D eigenvalue weighted by Crippen LogP contribution is 2.23. The molecule has 26 heavy (non-hydrogen) atoms. The van der Waals surface area contributed by atoms with Gasteiger partial charge >= 0.3 is 0 Å². The predicted molar refractivity (Wildman–Crippen MR) is 100 cm³/mol. The van der Waals surface area contributed by atoms with E-state index in [1.165, 1.54) is 27.4 Å². The van der Waals surface area contributed by atoms with E-state index < -0.39 is 15.8 Å². The molecule has 1 aliphatic rings. The van der Waals surface area contributed by atoms with Crippen molar-refractivity contribution in [1.29, 1.82) is 0 Å². The van der Waals surface area contributed by atoms with E-state index in [1.807, 2.05) is 0 Å². The van der Waals surface area contributed by atoms with Crippen LogP contribution in [0.2, 0.25) is 5.02 Å². The molecule has 3 rings (SSSR count). The first-order chi connectivity index (χ1) is 12.3. The van der Waals surface area contributed by atoms with Crippen LogP contribution in [0.5, 0.6) is 0 Å². The van der Waals surface area contributed by atoms with Gasteiger partial charge in [-0.15, -0.1) is 0 Å². The number of carbonyl (C=O) groups is 1. The number of amides is 1. The molecule has 2 aromatic carbocycles. The lowest BCUT2D eigenvalue weighted by Crippen LogP contribution is -2.50. The summed E-state index contributed by atoms with van der Waals surface area (Å²) in [5.41, 5.74) is 0.205. The lowest BCUT2D eigenvalue weighted by Gasteiger charge is -2.34. The highest BCUT2D eigenvalue weighted by molar-refractivity contribution is 9.10. The number of halogens is 3. The molecule has 0 aromatic heterocycles. The molecular weight excluding hydrogens is 447 g/mol. The number of piperazine rings is 1. The number of rotatable bonds is 3. The van der Waals surface area contributed by atoms with Crippen LogP contribution in [0.25, 0.3) is 0 Å². The van der Waals surface area contributed by atoms with E-state index in [9.17, 15) is 17.6 Å². The minimum Gasteiger partial charge on any atom is -0.336 e. The second-order valence-corrected chi connectivity index (χ2v) is 9.04. The predicted octanol–water partition coefficient (Wildman–Crippen LogP) is 3.39. The molecule has 0 bridgehead atoms. The Bertz CT molecular complexity index is 947. The highest BCUT2D eigenvalue weighted by Gasteiger charge is 2.31. The number of hydrogen-bond acceptors (Lipinski definition) is 3. The minimum absolute atomic E-state index is 0.0409. The smallest absolute Gasteiger partial charge is 0.255 e. The summed E-state index contributed by atoms with van der Waals surface area (Å²) in [4.78, 5) is 14.3. The van der Waals surface area contributed by atoms with Crippen LogP contribution < -0.4 is 0 Å². The Morgan fingerprint density at radius 2 is 1.77 bits per heavy atom. The van der Waals surface area contributed by atoms with E-state index in [4.69, 9.17) is 11.6 Å². The molecular formula is C17H15BrClFN2O3S. The van der Waals surface area contributed by atoms with E-state index in [1.54, 1.807) is 18.2 Å². The summed E-state index contributed by atoms with van der Waals surface area (Å²) in [5, 5.41) is 0.0409. The van der Waals surface area contributed by atoms with Gasteiger partial charge in [0.2, 0.25) is 10.0 Å². The molecule has 2 aromatic rings. The third-order valence-corrected chi connectivity index (χ3v) is 6.82. The van der Waals surface area contributed by atoms with Gasteiger partial charge in [0.25, 0.3) is 5.91 Å². The normalized spacial score (nSPS) is 15.9. The molecule has 1 amide bonds. The Morgan fingerprint density at radius 1 is 1.08 bits per heavy atom. The second kappa shape index (κ2) is 7.64. The quantitative estimate of drug-likeness (QED) is 0.704. The third-order valence-electron chi connectivity index (χ3n) is 4.12. The summed E-state index contributed by atoms with van der Waals surface area (Å²) in [6.07, 6.45) is 0. The van der Waals surface area contributed by atoms with Gasteiger partial charge in [0.15, 0.2) is 0 Å². The fourth-order valence-corrected chi connectivity index (χ4v) is 5.01. The summed E-state index contributed by atoms with van der Waals surface area (Å²) < 4.78 is 40.6. The summed E-state index contributed by atoms with van der Waals surface area (Å²) in [6, 6.07) is 10.1. The van der Waals surface area contributed by atoms with Crippen molar-refractivity contribution < 1.29 is 17.6 Å². The van der Waals surface area contributed by atoms with Gasteiger partial charge in [0, 0.05) is 30.7 Å². The van der Waals surface area contributed by atoms with Gasteiger partial charge < -0.3 is 4.90 Å². The fraction of sp³-hybridized carbons (Fsp3) is 0.235. The molecule has 0 spiro atoms. The second-order valence-electron chi connectivity index (χ2n) is 5.78. The van der Waals surface area contributed by atoms with Crippen molar-refractivity contribution in [2.24, 2.45) is 0 Å². The standard InChI is InChI=1S/C17H15BrClFN2O3S/c18-12-2-1-3-14(10-12)26(24,25)22-8-6-21(7-9-22)17(23)15-5-4-13(20)11-16(15)19/h1-5,10-11H,6-9H2. The van der Waals surface area contributed by atoms with Crippen molar-refractivity contribution in [3.05, 3.63) is 63.3 Å². The Hall–Kier alpha value is -1.48. The number of hydrogen-bond donors (Lipinski definition) is 0. The lowest BCUT2D eigenvalue weighted by atomic mass is 10.2. The average molecular weight is 462 g/mol. The summed E-state index contributed by atoms with van der Waals surface area (Å²) in [7, 11) is -3.62. The van der Waals surface area contributed by atoms with Gasteiger partial charge in [-0.1, -0.05) is 33.6 Å². The number of carbonyl (C=O) groups excluding carboxylic acids is 1. The van der Waals surface area contributed by atoms with Gasteiger partial charge in [-0.25, -0.2) is 12.8 Å². The van der Waals surface area contributed by atoms with Gasteiger partial charge in [-0.2, -0.15) is 4.31 Å². The van der Waals surface area contributed by atoms with Gasteiger partial charge in [-0.3, -0.25) is 4.79 Å². The van der Waals surface area contributed by atoms with E-state index in [0.717, 1.165) is 6.07 Å². The van der Waals surface area contributed by atoms with Crippen molar-refractivity contribution in [3.63, 3.8) is 0 Å². The van der Waals surface area contributed by atoms with Gasteiger partial charge in [-0.05, 0) is 36.4 Å². The zero-order valence-electron chi connectivity index (χ0n) is 13.5. The summed E-state index contributed by atoms with van der Waals surface area (Å²) in [5.74, 6) is -0.856. The largest absolute Gasteiger partial charge is 0.336 e. The zero-order valence-corrected chi connectivity index (χ0v) is 16.7. The van der Waals surface area contributed by atoms with Crippen LogP contribution in [0.15, 0.2) is 51.8 Å². The minimum atomic E-state index is -3.62. The average Bonchev–Trinajstić information content (AvgIpc) is 2.61. The van der Waals surface area contributed by atoms with Gasteiger partial charge in [0.1, 0.15) is 5.82 Å². The maximum Gasteiger partial charge on any atom is 0.255 e. The van der Waals surface area contributed by atoms with Crippen LogP contribution in [0.1, 0.15) is 10.4 Å². The first-order valence-electron chi connectivity index (χ1n) is 7.79. The molecule has 1 aliphatic heterocycles. The molecule has 0 saturated carbocycles. The van der Waals surface area contributed by atoms with Crippen molar-refractivity contribution in [2.75, 3.05) is 26.2 Å². The Labute approximate surface area is 164 Å². The molecule has 1 fully saturated rings.